The zero-order chi connectivity index (χ0) is 12.6. The van der Waals surface area contributed by atoms with E-state index >= 15 is 0 Å². The van der Waals surface area contributed by atoms with Gasteiger partial charge in [-0.2, -0.15) is 0 Å². The number of hydrogen-bond donors (Lipinski definition) is 0. The molecule has 4 aromatic rings. The fourth-order valence-electron chi connectivity index (χ4n) is 3.32. The van der Waals surface area contributed by atoms with Gasteiger partial charge in [-0.05, 0) is 6.07 Å². The normalized spacial score (nSPS) is 13.7. The van der Waals surface area contributed by atoms with E-state index in [9.17, 15) is 4.79 Å². The summed E-state index contributed by atoms with van der Waals surface area (Å²) in [5.74, 6) is 0. The molecule has 0 N–H and O–H groups in total. The molecule has 0 atom stereocenters. The lowest BCUT2D eigenvalue weighted by molar-refractivity contribution is 0.879. The Hall–Kier alpha value is -2.55. The van der Waals surface area contributed by atoms with E-state index in [2.05, 4.69) is 33.2 Å². The number of para-hydroxylation sites is 1. The van der Waals surface area contributed by atoms with Crippen LogP contribution in [0.2, 0.25) is 0 Å². The molecular formula is C16H10N2O. The van der Waals surface area contributed by atoms with Gasteiger partial charge in [-0.25, -0.2) is 0 Å². The van der Waals surface area contributed by atoms with Crippen molar-refractivity contribution in [3.05, 3.63) is 58.2 Å². The number of aromatic nitrogens is 2. The van der Waals surface area contributed by atoms with Crippen molar-refractivity contribution in [3.63, 3.8) is 0 Å². The molecule has 0 unspecified atom stereocenters. The summed E-state index contributed by atoms with van der Waals surface area (Å²) in [5.41, 5.74) is 3.51. The van der Waals surface area contributed by atoms with Gasteiger partial charge in [-0.1, -0.05) is 24.3 Å². The summed E-state index contributed by atoms with van der Waals surface area (Å²) < 4.78 is 4.31. The topological polar surface area (TPSA) is 26.4 Å². The van der Waals surface area contributed by atoms with Crippen LogP contribution >= 0.6 is 0 Å². The Morgan fingerprint density at radius 3 is 2.84 bits per heavy atom. The summed E-state index contributed by atoms with van der Waals surface area (Å²) in [7, 11) is 0. The van der Waals surface area contributed by atoms with E-state index < -0.39 is 0 Å². The molecule has 1 aliphatic rings. The monoisotopic (exact) mass is 246 g/mol. The van der Waals surface area contributed by atoms with Crippen LogP contribution in [-0.4, -0.2) is 8.97 Å². The molecule has 1 aromatic carbocycles. The van der Waals surface area contributed by atoms with Gasteiger partial charge in [0.25, 0.3) is 0 Å². The average Bonchev–Trinajstić information content (AvgIpc) is 2.98. The number of nitrogens with zero attached hydrogens (tertiary/aromatic N) is 2. The maximum absolute atomic E-state index is 12.0. The molecule has 0 spiro atoms. The summed E-state index contributed by atoms with van der Waals surface area (Å²) in [6, 6.07) is 10.0. The maximum atomic E-state index is 12.0. The number of benzene rings is 1. The zero-order valence-corrected chi connectivity index (χ0v) is 10.1. The zero-order valence-electron chi connectivity index (χ0n) is 10.1. The van der Waals surface area contributed by atoms with Gasteiger partial charge in [0.05, 0.1) is 21.9 Å². The van der Waals surface area contributed by atoms with E-state index in [-0.39, 0.29) is 5.43 Å². The molecule has 3 heteroatoms. The molecule has 5 rings (SSSR count). The molecule has 0 fully saturated rings. The van der Waals surface area contributed by atoms with Crippen LogP contribution in [0.4, 0.5) is 0 Å². The van der Waals surface area contributed by atoms with Crippen LogP contribution in [-0.2, 0) is 6.54 Å². The van der Waals surface area contributed by atoms with Gasteiger partial charge >= 0.3 is 0 Å². The van der Waals surface area contributed by atoms with E-state index in [0.717, 1.165) is 17.4 Å². The fourth-order valence-corrected chi connectivity index (χ4v) is 3.32. The van der Waals surface area contributed by atoms with Crippen LogP contribution in [0.5, 0.6) is 0 Å². The van der Waals surface area contributed by atoms with Crippen molar-refractivity contribution in [1.29, 1.82) is 0 Å². The van der Waals surface area contributed by atoms with Crippen molar-refractivity contribution in [2.24, 2.45) is 0 Å². The van der Waals surface area contributed by atoms with Crippen molar-refractivity contribution >= 4 is 33.4 Å². The van der Waals surface area contributed by atoms with Crippen molar-refractivity contribution in [2.45, 2.75) is 6.54 Å². The third kappa shape index (κ3) is 0.943. The second kappa shape index (κ2) is 2.88. The van der Waals surface area contributed by atoms with Crippen LogP contribution in [0.15, 0.2) is 47.5 Å². The van der Waals surface area contributed by atoms with Crippen molar-refractivity contribution in [2.75, 3.05) is 0 Å². The Kier molecular flexibility index (Phi) is 1.42. The molecule has 0 radical (unpaired) electrons. The third-order valence-corrected chi connectivity index (χ3v) is 4.14. The highest BCUT2D eigenvalue weighted by Gasteiger charge is 2.17. The van der Waals surface area contributed by atoms with E-state index in [4.69, 9.17) is 0 Å². The lowest BCUT2D eigenvalue weighted by Gasteiger charge is -2.08. The molecule has 90 valence electrons. The van der Waals surface area contributed by atoms with Crippen LogP contribution in [0.1, 0.15) is 0 Å². The summed E-state index contributed by atoms with van der Waals surface area (Å²) in [6.07, 6.45) is 6.12. The highest BCUT2D eigenvalue weighted by Crippen LogP contribution is 2.25. The van der Waals surface area contributed by atoms with Crippen LogP contribution < -0.4 is 10.6 Å². The van der Waals surface area contributed by atoms with E-state index in [0.29, 0.717) is 0 Å². The summed E-state index contributed by atoms with van der Waals surface area (Å²) >= 11 is 0. The maximum Gasteiger partial charge on any atom is 0.190 e. The van der Waals surface area contributed by atoms with Crippen LogP contribution in [0.3, 0.4) is 0 Å². The van der Waals surface area contributed by atoms with Crippen molar-refractivity contribution in [1.82, 2.24) is 8.97 Å². The molecule has 3 aromatic heterocycles. The summed E-state index contributed by atoms with van der Waals surface area (Å²) in [5, 5.41) is 3.34. The fraction of sp³-hybridized carbons (Fsp3) is 0.0625. The largest absolute Gasteiger partial charge is 0.342 e. The average molecular weight is 246 g/mol. The van der Waals surface area contributed by atoms with Crippen LogP contribution in [0, 0.1) is 0 Å². The quantitative estimate of drug-likeness (QED) is 0.465. The molecule has 0 aliphatic carbocycles. The standard InChI is InChI=1S/C16H10N2O/c19-14-6-8-17-7-5-11-10-3-1-2-4-13(10)18-9-12(14)15(17)16(11)18/h1-6,8-9H,7H2. The van der Waals surface area contributed by atoms with Crippen molar-refractivity contribution in [3.8, 4) is 0 Å². The van der Waals surface area contributed by atoms with Gasteiger partial charge in [0.15, 0.2) is 5.43 Å². The summed E-state index contributed by atoms with van der Waals surface area (Å²) in [4.78, 5) is 12.0. The Morgan fingerprint density at radius 2 is 1.89 bits per heavy atom. The van der Waals surface area contributed by atoms with Crippen molar-refractivity contribution < 1.29 is 0 Å². The summed E-state index contributed by atoms with van der Waals surface area (Å²) in [6.45, 7) is 0.831. The lowest BCUT2D eigenvalue weighted by Crippen LogP contribution is -2.13. The number of pyridine rings is 1. The molecule has 0 amide bonds. The molecule has 0 bridgehead atoms. The first-order chi connectivity index (χ1) is 9.34. The molecule has 19 heavy (non-hydrogen) atoms. The number of hydrogen-bond acceptors (Lipinski definition) is 1. The smallest absolute Gasteiger partial charge is 0.190 e. The molecular weight excluding hydrogens is 236 g/mol. The Morgan fingerprint density at radius 1 is 1.00 bits per heavy atom. The minimum atomic E-state index is 0.104. The highest BCUT2D eigenvalue weighted by atomic mass is 16.1. The number of rotatable bonds is 0. The molecule has 4 heterocycles. The number of fused-ring (bicyclic) bond motifs is 3. The Balaban J connectivity index is 2.30. The third-order valence-electron chi connectivity index (χ3n) is 4.14. The minimum absolute atomic E-state index is 0.104. The minimum Gasteiger partial charge on any atom is -0.342 e. The second-order valence-electron chi connectivity index (χ2n) is 5.08. The van der Waals surface area contributed by atoms with E-state index in [1.165, 1.54) is 21.6 Å². The molecule has 0 saturated heterocycles. The van der Waals surface area contributed by atoms with Gasteiger partial charge < -0.3 is 8.97 Å². The van der Waals surface area contributed by atoms with E-state index in [1.807, 2.05) is 18.5 Å². The SMILES string of the molecule is O=c1ccn2c3c1cn1c4ccccc4c(c31)=CC2. The first-order valence-corrected chi connectivity index (χ1v) is 6.39. The van der Waals surface area contributed by atoms with Gasteiger partial charge in [0, 0.05) is 35.6 Å². The first kappa shape index (κ1) is 9.39. The molecule has 1 aliphatic heterocycles. The van der Waals surface area contributed by atoms with Gasteiger partial charge in [0.1, 0.15) is 0 Å². The van der Waals surface area contributed by atoms with E-state index in [1.54, 1.807) is 6.07 Å². The van der Waals surface area contributed by atoms with Gasteiger partial charge in [-0.3, -0.25) is 4.79 Å². The predicted molar refractivity (Wildman–Crippen MR) is 76.4 cm³/mol. The van der Waals surface area contributed by atoms with Gasteiger partial charge in [-0.15, -0.1) is 0 Å². The predicted octanol–water partition coefficient (Wildman–Crippen LogP) is 1.92. The molecule has 3 nitrogen and oxygen atoms in total. The lowest BCUT2D eigenvalue weighted by atomic mass is 10.1. The Labute approximate surface area is 108 Å². The second-order valence-corrected chi connectivity index (χ2v) is 5.08. The van der Waals surface area contributed by atoms with Gasteiger partial charge in [0.2, 0.25) is 0 Å². The van der Waals surface area contributed by atoms with Crippen LogP contribution in [0.25, 0.3) is 33.4 Å². The first-order valence-electron chi connectivity index (χ1n) is 6.39. The highest BCUT2D eigenvalue weighted by molar-refractivity contribution is 6.04. The Bertz CT molecular complexity index is 1100. The molecule has 0 saturated carbocycles.